The van der Waals surface area contributed by atoms with Crippen LogP contribution >= 0.6 is 15.9 Å². The molecule has 0 atom stereocenters. The number of hydrogen-bond acceptors (Lipinski definition) is 3. The van der Waals surface area contributed by atoms with Crippen LogP contribution in [0.15, 0.2) is 39.7 Å². The Hall–Kier alpha value is -0.690. The first-order chi connectivity index (χ1) is 8.83. The summed E-state index contributed by atoms with van der Waals surface area (Å²) in [5.41, 5.74) is 1.62. The van der Waals surface area contributed by atoms with E-state index in [2.05, 4.69) is 27.2 Å². The zero-order valence-electron chi connectivity index (χ0n) is 11.1. The van der Waals surface area contributed by atoms with E-state index >= 15 is 0 Å². The Kier molecular flexibility index (Phi) is 6.19. The van der Waals surface area contributed by atoms with Crippen molar-refractivity contribution >= 4 is 26.0 Å². The SMILES string of the molecule is C=C(C)COCCNS(=O)(=O)c1cc(Br)ccc1C. The van der Waals surface area contributed by atoms with Crippen LogP contribution in [0.4, 0.5) is 0 Å². The maximum absolute atomic E-state index is 12.1. The van der Waals surface area contributed by atoms with Crippen molar-refractivity contribution in [2.24, 2.45) is 0 Å². The van der Waals surface area contributed by atoms with Crippen molar-refractivity contribution in [2.75, 3.05) is 19.8 Å². The Bertz CT molecular complexity index is 555. The largest absolute Gasteiger partial charge is 0.376 e. The minimum Gasteiger partial charge on any atom is -0.376 e. The molecule has 106 valence electrons. The normalized spacial score (nSPS) is 11.5. The number of ether oxygens (including phenoxy) is 1. The summed E-state index contributed by atoms with van der Waals surface area (Å²) in [5.74, 6) is 0. The molecule has 4 nitrogen and oxygen atoms in total. The minimum atomic E-state index is -3.50. The lowest BCUT2D eigenvalue weighted by Crippen LogP contribution is -2.28. The molecule has 0 bridgehead atoms. The highest BCUT2D eigenvalue weighted by atomic mass is 79.9. The molecule has 1 N–H and O–H groups in total. The van der Waals surface area contributed by atoms with Crippen LogP contribution in [-0.4, -0.2) is 28.2 Å². The lowest BCUT2D eigenvalue weighted by atomic mass is 10.2. The molecule has 0 unspecified atom stereocenters. The average Bonchev–Trinajstić information content (AvgIpc) is 2.31. The second kappa shape index (κ2) is 7.19. The third-order valence-corrected chi connectivity index (χ3v) is 4.42. The quantitative estimate of drug-likeness (QED) is 0.609. The standard InChI is InChI=1S/C13H18BrNO3S/c1-10(2)9-18-7-6-15-19(16,17)13-8-12(14)5-4-11(13)3/h4-5,8,15H,1,6-7,9H2,2-3H3. The Balaban J connectivity index is 2.61. The molecule has 19 heavy (non-hydrogen) atoms. The number of benzene rings is 1. The highest BCUT2D eigenvalue weighted by molar-refractivity contribution is 9.10. The summed E-state index contributed by atoms with van der Waals surface area (Å²) in [6.07, 6.45) is 0. The van der Waals surface area contributed by atoms with Crippen LogP contribution in [0.25, 0.3) is 0 Å². The van der Waals surface area contributed by atoms with Crippen LogP contribution < -0.4 is 4.72 Å². The number of sulfonamides is 1. The van der Waals surface area contributed by atoms with Gasteiger partial charge in [-0.25, -0.2) is 13.1 Å². The van der Waals surface area contributed by atoms with E-state index in [1.807, 2.05) is 13.0 Å². The Morgan fingerprint density at radius 3 is 2.79 bits per heavy atom. The van der Waals surface area contributed by atoms with Gasteiger partial charge in [0.1, 0.15) is 0 Å². The zero-order chi connectivity index (χ0) is 14.5. The van der Waals surface area contributed by atoms with Crippen molar-refractivity contribution in [1.29, 1.82) is 0 Å². The smallest absolute Gasteiger partial charge is 0.240 e. The number of hydrogen-bond donors (Lipinski definition) is 1. The summed E-state index contributed by atoms with van der Waals surface area (Å²) in [5, 5.41) is 0. The Morgan fingerprint density at radius 1 is 1.47 bits per heavy atom. The summed E-state index contributed by atoms with van der Waals surface area (Å²) >= 11 is 3.27. The lowest BCUT2D eigenvalue weighted by Gasteiger charge is -2.10. The van der Waals surface area contributed by atoms with Crippen molar-refractivity contribution < 1.29 is 13.2 Å². The average molecular weight is 348 g/mol. The number of halogens is 1. The highest BCUT2D eigenvalue weighted by Crippen LogP contribution is 2.20. The van der Waals surface area contributed by atoms with Crippen molar-refractivity contribution in [2.45, 2.75) is 18.7 Å². The molecule has 0 saturated heterocycles. The van der Waals surface area contributed by atoms with Crippen molar-refractivity contribution in [3.63, 3.8) is 0 Å². The highest BCUT2D eigenvalue weighted by Gasteiger charge is 2.16. The summed E-state index contributed by atoms with van der Waals surface area (Å²) in [6, 6.07) is 5.16. The van der Waals surface area contributed by atoms with E-state index in [0.29, 0.717) is 18.8 Å². The van der Waals surface area contributed by atoms with Crippen molar-refractivity contribution in [3.8, 4) is 0 Å². The van der Waals surface area contributed by atoms with Crippen molar-refractivity contribution in [3.05, 3.63) is 40.4 Å². The molecule has 1 rings (SSSR count). The number of aryl methyl sites for hydroxylation is 1. The molecule has 6 heteroatoms. The molecule has 0 aliphatic carbocycles. The van der Waals surface area contributed by atoms with Gasteiger partial charge in [0.2, 0.25) is 10.0 Å². The van der Waals surface area contributed by atoms with Gasteiger partial charge in [-0.05, 0) is 31.5 Å². The predicted molar refractivity (Wildman–Crippen MR) is 79.7 cm³/mol. The van der Waals surface area contributed by atoms with Gasteiger partial charge in [-0.1, -0.05) is 34.1 Å². The maximum atomic E-state index is 12.1. The number of nitrogens with one attached hydrogen (secondary N) is 1. The van der Waals surface area contributed by atoms with E-state index in [1.165, 1.54) is 0 Å². The van der Waals surface area contributed by atoms with E-state index in [1.54, 1.807) is 19.1 Å². The zero-order valence-corrected chi connectivity index (χ0v) is 13.5. The summed E-state index contributed by atoms with van der Waals surface area (Å²) in [7, 11) is -3.50. The maximum Gasteiger partial charge on any atom is 0.240 e. The fraction of sp³-hybridized carbons (Fsp3) is 0.385. The van der Waals surface area contributed by atoms with Gasteiger partial charge in [0, 0.05) is 11.0 Å². The second-order valence-electron chi connectivity index (χ2n) is 4.32. The molecule has 0 aliphatic heterocycles. The second-order valence-corrected chi connectivity index (χ2v) is 6.97. The van der Waals surface area contributed by atoms with Crippen LogP contribution in [0.2, 0.25) is 0 Å². The first-order valence-electron chi connectivity index (χ1n) is 5.81. The summed E-state index contributed by atoms with van der Waals surface area (Å²) < 4.78 is 32.7. The van der Waals surface area contributed by atoms with E-state index in [4.69, 9.17) is 4.74 Å². The minimum absolute atomic E-state index is 0.238. The molecular formula is C13H18BrNO3S. The molecule has 0 radical (unpaired) electrons. The van der Waals surface area contributed by atoms with Crippen LogP contribution in [0.3, 0.4) is 0 Å². The summed E-state index contributed by atoms with van der Waals surface area (Å²) in [4.78, 5) is 0.279. The molecular weight excluding hydrogens is 330 g/mol. The molecule has 0 heterocycles. The third kappa shape index (κ3) is 5.44. The molecule has 1 aromatic rings. The molecule has 0 saturated carbocycles. The Labute approximate surface area is 123 Å². The van der Waals surface area contributed by atoms with Gasteiger partial charge < -0.3 is 4.74 Å². The van der Waals surface area contributed by atoms with Crippen LogP contribution in [0.1, 0.15) is 12.5 Å². The fourth-order valence-corrected chi connectivity index (χ4v) is 3.23. The monoisotopic (exact) mass is 347 g/mol. The Morgan fingerprint density at radius 2 is 2.16 bits per heavy atom. The lowest BCUT2D eigenvalue weighted by molar-refractivity contribution is 0.162. The van der Waals surface area contributed by atoms with E-state index in [-0.39, 0.29) is 11.4 Å². The van der Waals surface area contributed by atoms with Gasteiger partial charge in [-0.15, -0.1) is 0 Å². The van der Waals surface area contributed by atoms with Gasteiger partial charge in [-0.3, -0.25) is 0 Å². The third-order valence-electron chi connectivity index (χ3n) is 2.33. The first kappa shape index (κ1) is 16.4. The van der Waals surface area contributed by atoms with Crippen LogP contribution in [0, 0.1) is 6.92 Å². The predicted octanol–water partition coefficient (Wildman–Crippen LogP) is 2.63. The van der Waals surface area contributed by atoms with Gasteiger partial charge in [0.25, 0.3) is 0 Å². The van der Waals surface area contributed by atoms with Gasteiger partial charge in [0.15, 0.2) is 0 Å². The van der Waals surface area contributed by atoms with Gasteiger partial charge in [0.05, 0.1) is 18.1 Å². The van der Waals surface area contributed by atoms with Gasteiger partial charge in [-0.2, -0.15) is 0 Å². The molecule has 0 aliphatic rings. The summed E-state index contributed by atoms with van der Waals surface area (Å²) in [6.45, 7) is 8.32. The van der Waals surface area contributed by atoms with E-state index < -0.39 is 10.0 Å². The molecule has 0 amide bonds. The molecule has 0 spiro atoms. The van der Waals surface area contributed by atoms with Crippen molar-refractivity contribution in [1.82, 2.24) is 4.72 Å². The fourth-order valence-electron chi connectivity index (χ4n) is 1.44. The molecule has 0 aromatic heterocycles. The van der Waals surface area contributed by atoms with Crippen LogP contribution in [-0.2, 0) is 14.8 Å². The number of rotatable bonds is 7. The van der Waals surface area contributed by atoms with Gasteiger partial charge >= 0.3 is 0 Å². The first-order valence-corrected chi connectivity index (χ1v) is 8.08. The van der Waals surface area contributed by atoms with E-state index in [0.717, 1.165) is 10.0 Å². The topological polar surface area (TPSA) is 55.4 Å². The molecule has 0 fully saturated rings. The molecule has 1 aromatic carbocycles. The van der Waals surface area contributed by atoms with E-state index in [9.17, 15) is 8.42 Å². The van der Waals surface area contributed by atoms with Crippen LogP contribution in [0.5, 0.6) is 0 Å².